The Morgan fingerprint density at radius 3 is 1.44 bits per heavy atom. The van der Waals surface area contributed by atoms with E-state index in [2.05, 4.69) is 106 Å². The standard InChI is InChI=1S/C28H28Br2O2/c1-3-5-15-31-25-13-7-19-17-21(29)9-11-23(19)27(25)28-24-12-10-22(30)18-20(24)8-14-26(28)32-16-6-4-2/h7-14,17-18H,3-6,15-16H2,1-2H3. The van der Waals surface area contributed by atoms with E-state index in [1.165, 1.54) is 10.8 Å². The summed E-state index contributed by atoms with van der Waals surface area (Å²) in [5.41, 5.74) is 2.20. The van der Waals surface area contributed by atoms with Crippen LogP contribution in [0.2, 0.25) is 0 Å². The van der Waals surface area contributed by atoms with E-state index in [0.717, 1.165) is 68.0 Å². The molecule has 0 fully saturated rings. The van der Waals surface area contributed by atoms with Crippen molar-refractivity contribution in [3.05, 3.63) is 69.6 Å². The smallest absolute Gasteiger partial charge is 0.127 e. The minimum atomic E-state index is 0.702. The lowest BCUT2D eigenvalue weighted by atomic mass is 9.92. The Bertz CT molecular complexity index is 1140. The number of halogens is 2. The van der Waals surface area contributed by atoms with Gasteiger partial charge in [0, 0.05) is 20.1 Å². The van der Waals surface area contributed by atoms with Crippen LogP contribution in [-0.4, -0.2) is 13.2 Å². The largest absolute Gasteiger partial charge is 0.493 e. The molecule has 0 amide bonds. The number of fused-ring (bicyclic) bond motifs is 2. The molecule has 0 atom stereocenters. The number of benzene rings is 4. The Kier molecular flexibility index (Phi) is 7.75. The molecule has 2 nitrogen and oxygen atoms in total. The average Bonchev–Trinajstić information content (AvgIpc) is 2.79. The number of rotatable bonds is 9. The van der Waals surface area contributed by atoms with Crippen molar-refractivity contribution in [1.29, 1.82) is 0 Å². The van der Waals surface area contributed by atoms with E-state index >= 15 is 0 Å². The van der Waals surface area contributed by atoms with Crippen LogP contribution >= 0.6 is 31.9 Å². The first-order valence-corrected chi connectivity index (χ1v) is 12.9. The normalized spacial score (nSPS) is 11.2. The third-order valence-electron chi connectivity index (χ3n) is 5.65. The van der Waals surface area contributed by atoms with Gasteiger partial charge < -0.3 is 9.47 Å². The van der Waals surface area contributed by atoms with Crippen molar-refractivity contribution in [2.75, 3.05) is 13.2 Å². The zero-order valence-corrected chi connectivity index (χ0v) is 21.8. The second-order valence-electron chi connectivity index (χ2n) is 8.01. The van der Waals surface area contributed by atoms with Gasteiger partial charge in [0.15, 0.2) is 0 Å². The van der Waals surface area contributed by atoms with Crippen LogP contribution < -0.4 is 9.47 Å². The van der Waals surface area contributed by atoms with Crippen LogP contribution in [0.5, 0.6) is 11.5 Å². The van der Waals surface area contributed by atoms with Crippen LogP contribution in [0.25, 0.3) is 32.7 Å². The predicted octanol–water partition coefficient (Wildman–Crippen LogP) is 9.54. The first-order valence-electron chi connectivity index (χ1n) is 11.3. The molecule has 0 bridgehead atoms. The van der Waals surface area contributed by atoms with Gasteiger partial charge in [-0.25, -0.2) is 0 Å². The maximum Gasteiger partial charge on any atom is 0.127 e. The molecule has 166 valence electrons. The van der Waals surface area contributed by atoms with Crippen molar-refractivity contribution in [2.24, 2.45) is 0 Å². The van der Waals surface area contributed by atoms with Crippen molar-refractivity contribution >= 4 is 53.4 Å². The number of hydrogen-bond acceptors (Lipinski definition) is 2. The zero-order valence-electron chi connectivity index (χ0n) is 18.6. The summed E-state index contributed by atoms with van der Waals surface area (Å²) >= 11 is 7.25. The molecule has 0 radical (unpaired) electrons. The van der Waals surface area contributed by atoms with Crippen LogP contribution in [0.1, 0.15) is 39.5 Å². The fourth-order valence-electron chi connectivity index (χ4n) is 3.97. The fourth-order valence-corrected chi connectivity index (χ4v) is 4.73. The molecule has 4 aromatic rings. The summed E-state index contributed by atoms with van der Waals surface area (Å²) in [7, 11) is 0. The van der Waals surface area contributed by atoms with Crippen LogP contribution in [0, 0.1) is 0 Å². The van der Waals surface area contributed by atoms with Crippen molar-refractivity contribution in [2.45, 2.75) is 39.5 Å². The summed E-state index contributed by atoms with van der Waals surface area (Å²) in [4.78, 5) is 0. The summed E-state index contributed by atoms with van der Waals surface area (Å²) in [6.45, 7) is 5.77. The first kappa shape index (κ1) is 23.1. The second-order valence-corrected chi connectivity index (χ2v) is 9.84. The van der Waals surface area contributed by atoms with Crippen molar-refractivity contribution < 1.29 is 9.47 Å². The molecule has 0 aromatic heterocycles. The van der Waals surface area contributed by atoms with Gasteiger partial charge in [0.05, 0.1) is 13.2 Å². The summed E-state index contributed by atoms with van der Waals surface area (Å²) in [6, 6.07) is 21.4. The van der Waals surface area contributed by atoms with Gasteiger partial charge in [0.25, 0.3) is 0 Å². The molecular weight excluding hydrogens is 528 g/mol. The molecular formula is C28H28Br2O2. The zero-order chi connectivity index (χ0) is 22.5. The average molecular weight is 556 g/mol. The third-order valence-corrected chi connectivity index (χ3v) is 6.63. The van der Waals surface area contributed by atoms with E-state index < -0.39 is 0 Å². The predicted molar refractivity (Wildman–Crippen MR) is 143 cm³/mol. The Morgan fingerprint density at radius 2 is 1.03 bits per heavy atom. The Morgan fingerprint density at radius 1 is 0.594 bits per heavy atom. The maximum absolute atomic E-state index is 6.35. The highest BCUT2D eigenvalue weighted by Gasteiger charge is 2.19. The van der Waals surface area contributed by atoms with Gasteiger partial charge in [-0.3, -0.25) is 0 Å². The topological polar surface area (TPSA) is 18.5 Å². The summed E-state index contributed by atoms with van der Waals surface area (Å²) in [6.07, 6.45) is 4.26. The van der Waals surface area contributed by atoms with E-state index in [-0.39, 0.29) is 0 Å². The quantitative estimate of drug-likeness (QED) is 0.191. The van der Waals surface area contributed by atoms with Crippen molar-refractivity contribution in [3.8, 4) is 22.6 Å². The highest BCUT2D eigenvalue weighted by Crippen LogP contribution is 2.46. The van der Waals surface area contributed by atoms with Gasteiger partial charge in [-0.05, 0) is 70.8 Å². The van der Waals surface area contributed by atoms with Crippen molar-refractivity contribution in [3.63, 3.8) is 0 Å². The SMILES string of the molecule is CCCCOc1ccc2cc(Br)ccc2c1-c1c(OCCCC)ccc2cc(Br)ccc12. The lowest BCUT2D eigenvalue weighted by molar-refractivity contribution is 0.306. The molecule has 4 rings (SSSR count). The van der Waals surface area contributed by atoms with Gasteiger partial charge in [-0.1, -0.05) is 82.8 Å². The summed E-state index contributed by atoms with van der Waals surface area (Å²) < 4.78 is 14.8. The minimum Gasteiger partial charge on any atom is -0.493 e. The Labute approximate surface area is 207 Å². The number of ether oxygens (including phenoxy) is 2. The van der Waals surface area contributed by atoms with E-state index in [0.29, 0.717) is 13.2 Å². The van der Waals surface area contributed by atoms with Crippen LogP contribution in [0.4, 0.5) is 0 Å². The van der Waals surface area contributed by atoms with Crippen LogP contribution in [0.3, 0.4) is 0 Å². The number of hydrogen-bond donors (Lipinski definition) is 0. The summed E-state index contributed by atoms with van der Waals surface area (Å²) in [5.74, 6) is 1.81. The highest BCUT2D eigenvalue weighted by atomic mass is 79.9. The molecule has 4 heteroatoms. The lowest BCUT2D eigenvalue weighted by Gasteiger charge is -2.20. The molecule has 0 aliphatic heterocycles. The molecule has 0 saturated heterocycles. The molecule has 0 aliphatic rings. The first-order chi connectivity index (χ1) is 15.6. The molecule has 4 aromatic carbocycles. The highest BCUT2D eigenvalue weighted by molar-refractivity contribution is 9.10. The second kappa shape index (κ2) is 10.7. The Balaban J connectivity index is 2.01. The summed E-state index contributed by atoms with van der Waals surface area (Å²) in [5, 5.41) is 4.67. The molecule has 0 unspecified atom stereocenters. The van der Waals surface area contributed by atoms with Crippen LogP contribution in [-0.2, 0) is 0 Å². The molecule has 32 heavy (non-hydrogen) atoms. The molecule has 0 N–H and O–H groups in total. The Hall–Kier alpha value is -2.04. The van der Waals surface area contributed by atoms with E-state index in [9.17, 15) is 0 Å². The molecule has 0 heterocycles. The maximum atomic E-state index is 6.35. The van der Waals surface area contributed by atoms with Gasteiger partial charge >= 0.3 is 0 Å². The molecule has 0 spiro atoms. The van der Waals surface area contributed by atoms with Gasteiger partial charge in [0.2, 0.25) is 0 Å². The van der Waals surface area contributed by atoms with Gasteiger partial charge in [-0.15, -0.1) is 0 Å². The lowest BCUT2D eigenvalue weighted by Crippen LogP contribution is -2.02. The molecule has 0 saturated carbocycles. The van der Waals surface area contributed by atoms with Crippen LogP contribution in [0.15, 0.2) is 69.6 Å². The van der Waals surface area contributed by atoms with Gasteiger partial charge in [-0.2, -0.15) is 0 Å². The fraction of sp³-hybridized carbons (Fsp3) is 0.286. The van der Waals surface area contributed by atoms with E-state index in [1.54, 1.807) is 0 Å². The van der Waals surface area contributed by atoms with Crippen molar-refractivity contribution in [1.82, 2.24) is 0 Å². The van der Waals surface area contributed by atoms with E-state index in [1.807, 2.05) is 0 Å². The monoisotopic (exact) mass is 554 g/mol. The molecule has 0 aliphatic carbocycles. The third kappa shape index (κ3) is 4.97. The van der Waals surface area contributed by atoms with Gasteiger partial charge in [0.1, 0.15) is 11.5 Å². The number of unbranched alkanes of at least 4 members (excludes halogenated alkanes) is 2. The van der Waals surface area contributed by atoms with E-state index in [4.69, 9.17) is 9.47 Å². The minimum absolute atomic E-state index is 0.702.